The van der Waals surface area contributed by atoms with Crippen LogP contribution in [-0.4, -0.2) is 17.9 Å². The molecule has 98 valence electrons. The van der Waals surface area contributed by atoms with Crippen molar-refractivity contribution in [3.8, 4) is 0 Å². The van der Waals surface area contributed by atoms with Gasteiger partial charge in [-0.3, -0.25) is 4.99 Å². The zero-order valence-corrected chi connectivity index (χ0v) is 9.92. The Kier molecular flexibility index (Phi) is 4.00. The molecule has 3 nitrogen and oxygen atoms in total. The molecule has 0 unspecified atom stereocenters. The first-order valence-electron chi connectivity index (χ1n) is 5.07. The molecule has 0 fully saturated rings. The van der Waals surface area contributed by atoms with E-state index in [9.17, 15) is 18.3 Å². The predicted molar refractivity (Wildman–Crippen MR) is 64.2 cm³/mol. The first-order valence-corrected chi connectivity index (χ1v) is 5.07. The molecule has 18 heavy (non-hydrogen) atoms. The van der Waals surface area contributed by atoms with Crippen LogP contribution in [0, 0.1) is 0 Å². The van der Waals surface area contributed by atoms with Crippen LogP contribution in [0.25, 0.3) is 5.70 Å². The van der Waals surface area contributed by atoms with Crippen molar-refractivity contribution in [1.29, 1.82) is 0 Å². The molecule has 1 rings (SSSR count). The molecule has 0 radical (unpaired) electrons. The zero-order chi connectivity index (χ0) is 13.9. The fourth-order valence-corrected chi connectivity index (χ4v) is 1.28. The van der Waals surface area contributed by atoms with E-state index in [1.165, 1.54) is 19.2 Å². The number of rotatable bonds is 2. The molecule has 0 bridgehead atoms. The van der Waals surface area contributed by atoms with Crippen LogP contribution in [0.15, 0.2) is 35.0 Å². The summed E-state index contributed by atoms with van der Waals surface area (Å²) in [5, 5.41) is 9.67. The van der Waals surface area contributed by atoms with Crippen molar-refractivity contribution >= 4 is 11.4 Å². The Bertz CT molecular complexity index is 487. The third-order valence-corrected chi connectivity index (χ3v) is 2.46. The maximum Gasteiger partial charge on any atom is 0.416 e. The third-order valence-electron chi connectivity index (χ3n) is 2.46. The number of benzene rings is 1. The summed E-state index contributed by atoms with van der Waals surface area (Å²) in [6.07, 6.45) is -4.39. The number of nitrogens with two attached hydrogens (primary N) is 1. The molecule has 0 aliphatic rings. The fraction of sp³-hybridized carbons (Fsp3) is 0.250. The van der Waals surface area contributed by atoms with Gasteiger partial charge >= 0.3 is 6.18 Å². The number of halogens is 3. The summed E-state index contributed by atoms with van der Waals surface area (Å²) >= 11 is 0. The Hall–Kier alpha value is -1.98. The molecule has 0 aliphatic heterocycles. The number of aliphatic hydroxyl groups is 1. The zero-order valence-electron chi connectivity index (χ0n) is 9.92. The minimum absolute atomic E-state index is 0.00757. The molecule has 1 aromatic rings. The summed E-state index contributed by atoms with van der Waals surface area (Å²) < 4.78 is 37.1. The van der Waals surface area contributed by atoms with Gasteiger partial charge in [0.15, 0.2) is 5.76 Å². The Balaban J connectivity index is 3.14. The van der Waals surface area contributed by atoms with Crippen LogP contribution in [0.4, 0.5) is 13.2 Å². The largest absolute Gasteiger partial charge is 0.504 e. The second kappa shape index (κ2) is 5.12. The Morgan fingerprint density at radius 1 is 1.22 bits per heavy atom. The van der Waals surface area contributed by atoms with E-state index in [2.05, 4.69) is 4.99 Å². The van der Waals surface area contributed by atoms with E-state index in [4.69, 9.17) is 5.73 Å². The van der Waals surface area contributed by atoms with Gasteiger partial charge in [-0.25, -0.2) is 0 Å². The first kappa shape index (κ1) is 14.1. The maximum absolute atomic E-state index is 12.4. The van der Waals surface area contributed by atoms with E-state index >= 15 is 0 Å². The van der Waals surface area contributed by atoms with E-state index in [-0.39, 0.29) is 11.5 Å². The van der Waals surface area contributed by atoms with E-state index in [1.807, 2.05) is 0 Å². The number of aliphatic hydroxyl groups excluding tert-OH is 1. The van der Waals surface area contributed by atoms with Gasteiger partial charge in [-0.15, -0.1) is 0 Å². The van der Waals surface area contributed by atoms with Crippen LogP contribution in [-0.2, 0) is 6.18 Å². The monoisotopic (exact) mass is 258 g/mol. The van der Waals surface area contributed by atoms with Gasteiger partial charge in [-0.1, -0.05) is 12.1 Å². The van der Waals surface area contributed by atoms with Crippen LogP contribution in [0.2, 0.25) is 0 Å². The minimum Gasteiger partial charge on any atom is -0.504 e. The van der Waals surface area contributed by atoms with Crippen molar-refractivity contribution in [2.75, 3.05) is 7.05 Å². The van der Waals surface area contributed by atoms with Crippen molar-refractivity contribution in [3.05, 3.63) is 41.2 Å². The highest BCUT2D eigenvalue weighted by Crippen LogP contribution is 2.29. The van der Waals surface area contributed by atoms with Gasteiger partial charge in [0, 0.05) is 12.6 Å². The second-order valence-electron chi connectivity index (χ2n) is 3.65. The predicted octanol–water partition coefficient (Wildman–Crippen LogP) is 2.98. The SMILES string of the molecule is CN=C(C)/C(O)=C(\N)c1ccc(C(F)(F)F)cc1. The van der Waals surface area contributed by atoms with Gasteiger partial charge in [0.2, 0.25) is 0 Å². The van der Waals surface area contributed by atoms with Crippen LogP contribution in [0.3, 0.4) is 0 Å². The first-order chi connectivity index (χ1) is 8.27. The van der Waals surface area contributed by atoms with Crippen molar-refractivity contribution in [2.45, 2.75) is 13.1 Å². The van der Waals surface area contributed by atoms with Gasteiger partial charge in [-0.2, -0.15) is 13.2 Å². The molecular formula is C12H13F3N2O. The molecule has 0 aromatic heterocycles. The molecule has 3 N–H and O–H groups in total. The molecule has 0 aliphatic carbocycles. The van der Waals surface area contributed by atoms with E-state index < -0.39 is 11.7 Å². The van der Waals surface area contributed by atoms with Gasteiger partial charge in [0.05, 0.1) is 17.0 Å². The van der Waals surface area contributed by atoms with Crippen molar-refractivity contribution in [1.82, 2.24) is 0 Å². The smallest absolute Gasteiger partial charge is 0.416 e. The molecule has 0 atom stereocenters. The van der Waals surface area contributed by atoms with Crippen LogP contribution in [0.5, 0.6) is 0 Å². The average molecular weight is 258 g/mol. The van der Waals surface area contributed by atoms with E-state index in [1.54, 1.807) is 6.92 Å². The quantitative estimate of drug-likeness (QED) is 0.633. The molecule has 6 heteroatoms. The Morgan fingerprint density at radius 2 is 1.72 bits per heavy atom. The Labute approximate surface area is 102 Å². The lowest BCUT2D eigenvalue weighted by Crippen LogP contribution is -2.09. The lowest BCUT2D eigenvalue weighted by molar-refractivity contribution is -0.137. The number of hydrogen-bond acceptors (Lipinski definition) is 3. The van der Waals surface area contributed by atoms with Gasteiger partial charge in [-0.05, 0) is 19.1 Å². The van der Waals surface area contributed by atoms with Crippen molar-refractivity contribution in [2.24, 2.45) is 10.7 Å². The molecule has 0 saturated carbocycles. The maximum atomic E-state index is 12.4. The molecule has 0 spiro atoms. The van der Waals surface area contributed by atoms with E-state index in [0.717, 1.165) is 12.1 Å². The van der Waals surface area contributed by atoms with Gasteiger partial charge in [0.25, 0.3) is 0 Å². The lowest BCUT2D eigenvalue weighted by Gasteiger charge is -2.09. The topological polar surface area (TPSA) is 58.6 Å². The van der Waals surface area contributed by atoms with Gasteiger partial charge in [0.1, 0.15) is 0 Å². The number of aliphatic imine (C=N–C) groups is 1. The number of alkyl halides is 3. The lowest BCUT2D eigenvalue weighted by atomic mass is 10.1. The summed E-state index contributed by atoms with van der Waals surface area (Å²) in [4.78, 5) is 3.74. The van der Waals surface area contributed by atoms with Gasteiger partial charge < -0.3 is 10.8 Å². The molecule has 1 aromatic carbocycles. The summed E-state index contributed by atoms with van der Waals surface area (Å²) in [5.41, 5.74) is 5.49. The van der Waals surface area contributed by atoms with E-state index in [0.29, 0.717) is 11.3 Å². The normalized spacial score (nSPS) is 14.4. The number of nitrogens with zero attached hydrogens (tertiary/aromatic N) is 1. The molecule has 0 heterocycles. The molecular weight excluding hydrogens is 245 g/mol. The summed E-state index contributed by atoms with van der Waals surface area (Å²) in [5.74, 6) is -0.239. The standard InChI is InChI=1S/C12H13F3N2O/c1-7(17-2)11(18)10(16)8-3-5-9(6-4-8)12(13,14)15/h3-6,18H,16H2,1-2H3/b11-10+,17-7?. The van der Waals surface area contributed by atoms with Crippen LogP contribution < -0.4 is 5.73 Å². The van der Waals surface area contributed by atoms with Crippen molar-refractivity contribution in [3.63, 3.8) is 0 Å². The Morgan fingerprint density at radius 3 is 2.11 bits per heavy atom. The van der Waals surface area contributed by atoms with Crippen LogP contribution >= 0.6 is 0 Å². The van der Waals surface area contributed by atoms with Crippen LogP contribution in [0.1, 0.15) is 18.1 Å². The van der Waals surface area contributed by atoms with Crippen molar-refractivity contribution < 1.29 is 18.3 Å². The number of hydrogen-bond donors (Lipinski definition) is 2. The third kappa shape index (κ3) is 3.03. The highest BCUT2D eigenvalue weighted by atomic mass is 19.4. The second-order valence-corrected chi connectivity index (χ2v) is 3.65. The highest BCUT2D eigenvalue weighted by Gasteiger charge is 2.30. The minimum atomic E-state index is -4.39. The molecule has 0 saturated heterocycles. The summed E-state index contributed by atoms with van der Waals surface area (Å²) in [6, 6.07) is 4.23. The number of allylic oxidation sites excluding steroid dienone is 1. The summed E-state index contributed by atoms with van der Waals surface area (Å²) in [7, 11) is 1.48. The highest BCUT2D eigenvalue weighted by molar-refractivity contribution is 6.02. The fourth-order valence-electron chi connectivity index (χ4n) is 1.28. The average Bonchev–Trinajstić information content (AvgIpc) is 2.35. The molecule has 0 amide bonds. The summed E-state index contributed by atoms with van der Waals surface area (Å²) in [6.45, 7) is 1.55.